The third kappa shape index (κ3) is 8.34. The number of carbonyl (C=O) groups is 1. The second-order valence-electron chi connectivity index (χ2n) is 7.20. The Morgan fingerprint density at radius 1 is 0.935 bits per heavy atom. The molecule has 0 aromatic heterocycles. The van der Waals surface area contributed by atoms with Gasteiger partial charge >= 0.3 is 0 Å². The highest BCUT2D eigenvalue weighted by molar-refractivity contribution is 14.0. The second kappa shape index (κ2) is 13.8. The average Bonchev–Trinajstić information content (AvgIpc) is 2.81. The lowest BCUT2D eigenvalue weighted by Gasteiger charge is -2.36. The van der Waals surface area contributed by atoms with Gasteiger partial charge in [-0.05, 0) is 17.7 Å². The van der Waals surface area contributed by atoms with Gasteiger partial charge in [0.2, 0.25) is 0 Å². The molecule has 0 bridgehead atoms. The maximum atomic E-state index is 12.1. The highest BCUT2D eigenvalue weighted by atomic mass is 127. The van der Waals surface area contributed by atoms with Gasteiger partial charge in [-0.1, -0.05) is 60.7 Å². The Hall–Kier alpha value is -2.39. The van der Waals surface area contributed by atoms with Gasteiger partial charge in [-0.3, -0.25) is 14.7 Å². The Bertz CT molecular complexity index is 834. The molecule has 0 aliphatic carbocycles. The minimum Gasteiger partial charge on any atom is -0.354 e. The smallest absolute Gasteiger partial charge is 0.251 e. The first-order valence-corrected chi connectivity index (χ1v) is 10.5. The largest absolute Gasteiger partial charge is 0.354 e. The van der Waals surface area contributed by atoms with Crippen LogP contribution in [0.4, 0.5) is 0 Å². The van der Waals surface area contributed by atoms with Gasteiger partial charge in [-0.2, -0.15) is 0 Å². The first-order chi connectivity index (χ1) is 14.8. The number of guanidine groups is 1. The van der Waals surface area contributed by atoms with Crippen LogP contribution < -0.4 is 10.6 Å². The van der Waals surface area contributed by atoms with E-state index in [1.54, 1.807) is 7.05 Å². The number of carbonyl (C=O) groups excluding carboxylic acids is 1. The summed E-state index contributed by atoms with van der Waals surface area (Å²) in [7, 11) is 1.81. The molecule has 7 heteroatoms. The molecule has 31 heavy (non-hydrogen) atoms. The Labute approximate surface area is 202 Å². The zero-order chi connectivity index (χ0) is 21.0. The van der Waals surface area contributed by atoms with Gasteiger partial charge < -0.3 is 15.5 Å². The molecule has 6 nitrogen and oxygen atoms in total. The summed E-state index contributed by atoms with van der Waals surface area (Å²) < 4.78 is 0. The first kappa shape index (κ1) is 24.9. The van der Waals surface area contributed by atoms with Gasteiger partial charge in [-0.15, -0.1) is 24.0 Å². The molecule has 1 saturated heterocycles. The van der Waals surface area contributed by atoms with Crippen LogP contribution in [0.3, 0.4) is 0 Å². The topological polar surface area (TPSA) is 60.0 Å². The molecule has 1 aliphatic rings. The third-order valence-electron chi connectivity index (χ3n) is 5.09. The van der Waals surface area contributed by atoms with Crippen molar-refractivity contribution in [2.24, 2.45) is 4.99 Å². The Morgan fingerprint density at radius 2 is 1.55 bits per heavy atom. The van der Waals surface area contributed by atoms with Crippen molar-refractivity contribution >= 4 is 41.9 Å². The summed E-state index contributed by atoms with van der Waals surface area (Å²) in [4.78, 5) is 21.2. The van der Waals surface area contributed by atoms with E-state index in [1.165, 1.54) is 5.56 Å². The molecule has 0 radical (unpaired) electrons. The van der Waals surface area contributed by atoms with Crippen LogP contribution in [0.2, 0.25) is 0 Å². The number of halogens is 1. The number of benzene rings is 2. The summed E-state index contributed by atoms with van der Waals surface area (Å²) in [6.45, 7) is 6.04. The fraction of sp³-hybridized carbons (Fsp3) is 0.333. The van der Waals surface area contributed by atoms with E-state index in [0.29, 0.717) is 18.7 Å². The summed E-state index contributed by atoms with van der Waals surface area (Å²) in [5.41, 5.74) is 1.92. The fourth-order valence-corrected chi connectivity index (χ4v) is 3.42. The van der Waals surface area contributed by atoms with Gasteiger partial charge in [0.25, 0.3) is 5.91 Å². The van der Waals surface area contributed by atoms with Crippen LogP contribution >= 0.6 is 24.0 Å². The Morgan fingerprint density at radius 3 is 2.19 bits per heavy atom. The lowest BCUT2D eigenvalue weighted by atomic mass is 10.2. The lowest BCUT2D eigenvalue weighted by Crippen LogP contribution is -2.53. The zero-order valence-corrected chi connectivity index (χ0v) is 20.4. The van der Waals surface area contributed by atoms with Crippen molar-refractivity contribution in [3.05, 3.63) is 77.9 Å². The number of hydrogen-bond donors (Lipinski definition) is 2. The minimum absolute atomic E-state index is 0. The quantitative estimate of drug-likeness (QED) is 0.249. The van der Waals surface area contributed by atoms with E-state index in [4.69, 9.17) is 0 Å². The number of nitrogens with one attached hydrogen (secondary N) is 2. The van der Waals surface area contributed by atoms with Crippen molar-refractivity contribution in [1.29, 1.82) is 0 Å². The van der Waals surface area contributed by atoms with Crippen LogP contribution in [0, 0.1) is 0 Å². The first-order valence-electron chi connectivity index (χ1n) is 10.5. The SMILES string of the molecule is CN=C(NCCNC(=O)c1ccccc1)N1CCN(C/C=C/c2ccccc2)CC1.I. The molecule has 3 rings (SSSR count). The van der Waals surface area contributed by atoms with Crippen LogP contribution in [-0.2, 0) is 0 Å². The number of rotatable bonds is 7. The van der Waals surface area contributed by atoms with Crippen LogP contribution in [0.15, 0.2) is 71.7 Å². The summed E-state index contributed by atoms with van der Waals surface area (Å²) in [5, 5.41) is 6.29. The predicted octanol–water partition coefficient (Wildman–Crippen LogP) is 2.94. The fourth-order valence-electron chi connectivity index (χ4n) is 3.42. The number of aliphatic imine (C=N–C) groups is 1. The van der Waals surface area contributed by atoms with Crippen molar-refractivity contribution in [3.8, 4) is 0 Å². The summed E-state index contributed by atoms with van der Waals surface area (Å²) >= 11 is 0. The molecule has 1 aliphatic heterocycles. The van der Waals surface area contributed by atoms with Gasteiger partial charge in [0.15, 0.2) is 5.96 Å². The van der Waals surface area contributed by atoms with E-state index in [9.17, 15) is 4.79 Å². The van der Waals surface area contributed by atoms with Gasteiger partial charge in [0.1, 0.15) is 0 Å². The predicted molar refractivity (Wildman–Crippen MR) is 139 cm³/mol. The lowest BCUT2D eigenvalue weighted by molar-refractivity contribution is 0.0954. The molecule has 2 aromatic carbocycles. The van der Waals surface area contributed by atoms with Crippen LogP contribution in [0.1, 0.15) is 15.9 Å². The van der Waals surface area contributed by atoms with Crippen LogP contribution in [-0.4, -0.2) is 74.5 Å². The standard InChI is InChI=1S/C24H31N5O.HI/c1-25-24(27-15-14-26-23(30)22-12-6-3-7-13-22)29-19-17-28(18-20-29)16-8-11-21-9-4-2-5-10-21;/h2-13H,14-20H2,1H3,(H,25,27)(H,26,30);1H/b11-8+;. The zero-order valence-electron chi connectivity index (χ0n) is 18.0. The highest BCUT2D eigenvalue weighted by Crippen LogP contribution is 2.05. The van der Waals surface area contributed by atoms with Crippen LogP contribution in [0.5, 0.6) is 0 Å². The molecular formula is C24H32IN5O. The molecule has 2 aromatic rings. The monoisotopic (exact) mass is 533 g/mol. The van der Waals surface area contributed by atoms with Crippen LogP contribution in [0.25, 0.3) is 6.08 Å². The van der Waals surface area contributed by atoms with E-state index in [1.807, 2.05) is 36.4 Å². The molecule has 0 unspecified atom stereocenters. The van der Waals surface area contributed by atoms with E-state index in [2.05, 4.69) is 61.8 Å². The molecule has 0 saturated carbocycles. The highest BCUT2D eigenvalue weighted by Gasteiger charge is 2.18. The number of amides is 1. The second-order valence-corrected chi connectivity index (χ2v) is 7.20. The van der Waals surface area contributed by atoms with Crippen molar-refractivity contribution in [2.75, 3.05) is 52.9 Å². The summed E-state index contributed by atoms with van der Waals surface area (Å²) in [6.07, 6.45) is 4.41. The number of nitrogens with zero attached hydrogens (tertiary/aromatic N) is 3. The number of piperazine rings is 1. The van der Waals surface area contributed by atoms with Gasteiger partial charge in [0, 0.05) is 58.4 Å². The van der Waals surface area contributed by atoms with Gasteiger partial charge in [-0.25, -0.2) is 0 Å². The molecular weight excluding hydrogens is 501 g/mol. The summed E-state index contributed by atoms with van der Waals surface area (Å²) in [6, 6.07) is 19.7. The molecule has 0 spiro atoms. The van der Waals surface area contributed by atoms with Crippen molar-refractivity contribution in [2.45, 2.75) is 0 Å². The third-order valence-corrected chi connectivity index (χ3v) is 5.09. The molecule has 1 amide bonds. The number of hydrogen-bond acceptors (Lipinski definition) is 3. The normalized spacial score (nSPS) is 14.9. The van der Waals surface area contributed by atoms with Crippen molar-refractivity contribution < 1.29 is 4.79 Å². The maximum absolute atomic E-state index is 12.1. The minimum atomic E-state index is -0.0513. The van der Waals surface area contributed by atoms with E-state index in [-0.39, 0.29) is 29.9 Å². The van der Waals surface area contributed by atoms with Crippen molar-refractivity contribution in [3.63, 3.8) is 0 Å². The maximum Gasteiger partial charge on any atom is 0.251 e. The van der Waals surface area contributed by atoms with Crippen molar-refractivity contribution in [1.82, 2.24) is 20.4 Å². The van der Waals surface area contributed by atoms with E-state index < -0.39 is 0 Å². The average molecular weight is 533 g/mol. The molecule has 0 atom stereocenters. The van der Waals surface area contributed by atoms with E-state index in [0.717, 1.165) is 38.7 Å². The summed E-state index contributed by atoms with van der Waals surface area (Å²) in [5.74, 6) is 0.841. The molecule has 2 N–H and O–H groups in total. The van der Waals surface area contributed by atoms with E-state index >= 15 is 0 Å². The molecule has 1 fully saturated rings. The van der Waals surface area contributed by atoms with Gasteiger partial charge in [0.05, 0.1) is 0 Å². The Balaban J connectivity index is 0.00000341. The Kier molecular flexibility index (Phi) is 11.1. The molecule has 1 heterocycles. The molecule has 166 valence electrons.